The highest BCUT2D eigenvalue weighted by Crippen LogP contribution is 2.28. The molecule has 3 amide bonds. The maximum atomic E-state index is 12.4. The summed E-state index contributed by atoms with van der Waals surface area (Å²) < 4.78 is 10.7. The molecule has 5 rings (SSSR count). The van der Waals surface area contributed by atoms with Crippen LogP contribution in [0, 0.1) is 0 Å². The Morgan fingerprint density at radius 3 is 2.36 bits per heavy atom. The molecule has 0 fully saturated rings. The van der Waals surface area contributed by atoms with Crippen LogP contribution in [0.1, 0.15) is 60.4 Å². The number of carbonyl (C=O) groups is 5. The quantitative estimate of drug-likeness (QED) is 0.185. The minimum Gasteiger partial charge on any atom is -0.482 e. The SMILES string of the molecule is C.COC(=O)c1ccc(CNC(=O)c2cc(C(=O)O)n3nc(C(N)=O)cc3n2)cc1.Cl.NCc1ccc2c(c1)NC(=O)CO2. The summed E-state index contributed by atoms with van der Waals surface area (Å²) in [4.78, 5) is 61.6. The lowest BCUT2D eigenvalue weighted by Gasteiger charge is -2.18. The summed E-state index contributed by atoms with van der Waals surface area (Å²) >= 11 is 0. The summed E-state index contributed by atoms with van der Waals surface area (Å²) in [5.41, 5.74) is 12.7. The van der Waals surface area contributed by atoms with Gasteiger partial charge in [-0.2, -0.15) is 5.10 Å². The number of carboxylic acid groups (broad SMARTS) is 1. The van der Waals surface area contributed by atoms with Crippen LogP contribution in [0.2, 0.25) is 0 Å². The van der Waals surface area contributed by atoms with E-state index in [1.807, 2.05) is 18.2 Å². The van der Waals surface area contributed by atoms with Gasteiger partial charge in [0, 0.05) is 25.2 Å². The number of anilines is 1. The second-order valence-electron chi connectivity index (χ2n) is 8.74. The molecule has 7 N–H and O–H groups in total. The lowest BCUT2D eigenvalue weighted by molar-refractivity contribution is -0.118. The molecular weight excluding hydrogens is 598 g/mol. The molecule has 2 aromatic carbocycles. The fraction of sp³-hybridized carbons (Fsp3) is 0.179. The van der Waals surface area contributed by atoms with Gasteiger partial charge in [0.05, 0.1) is 18.4 Å². The topological polar surface area (TPSA) is 230 Å². The number of fused-ring (bicyclic) bond motifs is 2. The molecule has 3 heterocycles. The van der Waals surface area contributed by atoms with E-state index >= 15 is 0 Å². The van der Waals surface area contributed by atoms with E-state index in [-0.39, 0.29) is 61.6 Å². The Kier molecular flexibility index (Phi) is 11.9. The molecule has 1 aliphatic rings. The van der Waals surface area contributed by atoms with Crippen LogP contribution in [0.4, 0.5) is 5.69 Å². The number of aromatic nitrogens is 3. The van der Waals surface area contributed by atoms with E-state index in [0.717, 1.165) is 16.1 Å². The van der Waals surface area contributed by atoms with Crippen LogP contribution >= 0.6 is 12.4 Å². The van der Waals surface area contributed by atoms with E-state index in [1.165, 1.54) is 13.2 Å². The lowest BCUT2D eigenvalue weighted by Crippen LogP contribution is -2.25. The number of carboxylic acids is 1. The van der Waals surface area contributed by atoms with Crippen molar-refractivity contribution in [2.45, 2.75) is 20.5 Å². The number of rotatable bonds is 7. The van der Waals surface area contributed by atoms with Crippen molar-refractivity contribution in [3.8, 4) is 5.75 Å². The predicted molar refractivity (Wildman–Crippen MR) is 160 cm³/mol. The van der Waals surface area contributed by atoms with Gasteiger partial charge >= 0.3 is 11.9 Å². The predicted octanol–water partition coefficient (Wildman–Crippen LogP) is 1.78. The highest BCUT2D eigenvalue weighted by atomic mass is 35.5. The molecule has 0 unspecified atom stereocenters. The maximum absolute atomic E-state index is 12.4. The van der Waals surface area contributed by atoms with Gasteiger partial charge in [0.1, 0.15) is 11.4 Å². The molecule has 4 aromatic rings. The van der Waals surface area contributed by atoms with E-state index in [0.29, 0.717) is 29.1 Å². The first-order valence-corrected chi connectivity index (χ1v) is 12.2. The zero-order valence-corrected chi connectivity index (χ0v) is 23.3. The number of primary amides is 1. The highest BCUT2D eigenvalue weighted by Gasteiger charge is 2.20. The molecule has 0 saturated heterocycles. The monoisotopic (exact) mass is 627 g/mol. The highest BCUT2D eigenvalue weighted by molar-refractivity contribution is 5.97. The molecule has 15 nitrogen and oxygen atoms in total. The Balaban J connectivity index is 0.000000378. The number of nitrogens with zero attached hydrogens (tertiary/aromatic N) is 3. The molecule has 44 heavy (non-hydrogen) atoms. The Bertz CT molecular complexity index is 1710. The third-order valence-corrected chi connectivity index (χ3v) is 5.87. The number of nitrogens with one attached hydrogen (secondary N) is 2. The van der Waals surface area contributed by atoms with Crippen molar-refractivity contribution in [3.05, 3.63) is 88.4 Å². The number of hydrogen-bond donors (Lipinski definition) is 5. The van der Waals surface area contributed by atoms with E-state index in [4.69, 9.17) is 16.2 Å². The summed E-state index contributed by atoms with van der Waals surface area (Å²) in [6, 6.07) is 14.2. The van der Waals surface area contributed by atoms with Gasteiger partial charge in [0.15, 0.2) is 23.6 Å². The molecule has 0 spiro atoms. The summed E-state index contributed by atoms with van der Waals surface area (Å²) in [7, 11) is 1.28. The van der Waals surface area contributed by atoms with E-state index < -0.39 is 23.8 Å². The average molecular weight is 628 g/mol. The van der Waals surface area contributed by atoms with Gasteiger partial charge in [0.25, 0.3) is 17.7 Å². The second kappa shape index (κ2) is 15.1. The first-order valence-electron chi connectivity index (χ1n) is 12.2. The molecular formula is C28H30ClN7O8. The molecule has 1 aliphatic heterocycles. The number of nitrogens with two attached hydrogens (primary N) is 2. The number of methoxy groups -OCH3 is 1. The summed E-state index contributed by atoms with van der Waals surface area (Å²) in [6.07, 6.45) is 0. The number of benzene rings is 2. The van der Waals surface area contributed by atoms with Crippen molar-refractivity contribution in [2.24, 2.45) is 11.5 Å². The van der Waals surface area contributed by atoms with Gasteiger partial charge in [0.2, 0.25) is 0 Å². The number of amides is 3. The maximum Gasteiger partial charge on any atom is 0.354 e. The van der Waals surface area contributed by atoms with Gasteiger partial charge < -0.3 is 36.7 Å². The Hall–Kier alpha value is -5.54. The third kappa shape index (κ3) is 8.05. The van der Waals surface area contributed by atoms with E-state index in [1.54, 1.807) is 24.3 Å². The van der Waals surface area contributed by atoms with Crippen LogP contribution in [0.3, 0.4) is 0 Å². The van der Waals surface area contributed by atoms with Crippen molar-refractivity contribution in [1.82, 2.24) is 19.9 Å². The molecule has 16 heteroatoms. The molecule has 0 bridgehead atoms. The van der Waals surface area contributed by atoms with Crippen LogP contribution in [-0.4, -0.2) is 63.1 Å². The number of aromatic carboxylic acids is 1. The number of ether oxygens (including phenoxy) is 2. The van der Waals surface area contributed by atoms with Crippen LogP contribution in [-0.2, 0) is 22.6 Å². The number of halogens is 1. The number of carbonyl (C=O) groups excluding carboxylic acids is 4. The Morgan fingerprint density at radius 2 is 1.75 bits per heavy atom. The fourth-order valence-corrected chi connectivity index (χ4v) is 3.77. The largest absolute Gasteiger partial charge is 0.482 e. The summed E-state index contributed by atoms with van der Waals surface area (Å²) in [5, 5.41) is 18.5. The van der Waals surface area contributed by atoms with E-state index in [2.05, 4.69) is 25.5 Å². The van der Waals surface area contributed by atoms with E-state index in [9.17, 15) is 29.1 Å². The van der Waals surface area contributed by atoms with Crippen molar-refractivity contribution < 1.29 is 38.6 Å². The van der Waals surface area contributed by atoms with Gasteiger partial charge in [-0.15, -0.1) is 12.4 Å². The zero-order valence-electron chi connectivity index (χ0n) is 22.5. The number of esters is 1. The van der Waals surface area contributed by atoms with Gasteiger partial charge in [-0.05, 0) is 35.4 Å². The molecule has 0 radical (unpaired) electrons. The minimum atomic E-state index is -1.36. The van der Waals surface area contributed by atoms with Crippen molar-refractivity contribution in [3.63, 3.8) is 0 Å². The molecule has 0 aliphatic carbocycles. The summed E-state index contributed by atoms with van der Waals surface area (Å²) in [6.45, 7) is 0.666. The molecule has 232 valence electrons. The van der Waals surface area contributed by atoms with Crippen LogP contribution in [0.15, 0.2) is 54.6 Å². The van der Waals surface area contributed by atoms with Crippen LogP contribution in [0.5, 0.6) is 5.75 Å². The van der Waals surface area contributed by atoms with Gasteiger partial charge in [-0.25, -0.2) is 19.1 Å². The van der Waals surface area contributed by atoms with Crippen molar-refractivity contribution in [1.29, 1.82) is 0 Å². The smallest absolute Gasteiger partial charge is 0.354 e. The molecule has 2 aromatic heterocycles. The number of hydrogen-bond acceptors (Lipinski definition) is 10. The molecule has 0 atom stereocenters. The molecule has 0 saturated carbocycles. The van der Waals surface area contributed by atoms with Crippen molar-refractivity contribution in [2.75, 3.05) is 19.0 Å². The van der Waals surface area contributed by atoms with Crippen molar-refractivity contribution >= 4 is 53.4 Å². The van der Waals surface area contributed by atoms with Crippen LogP contribution < -0.4 is 26.8 Å². The Labute approximate surface area is 256 Å². The first-order chi connectivity index (χ1) is 20.1. The normalized spacial score (nSPS) is 11.2. The van der Waals surface area contributed by atoms with Crippen LogP contribution in [0.25, 0.3) is 5.65 Å². The average Bonchev–Trinajstić information content (AvgIpc) is 3.44. The second-order valence-corrected chi connectivity index (χ2v) is 8.74. The van der Waals surface area contributed by atoms with Gasteiger partial charge in [-0.3, -0.25) is 14.4 Å². The van der Waals surface area contributed by atoms with Gasteiger partial charge in [-0.1, -0.05) is 25.6 Å². The zero-order chi connectivity index (χ0) is 30.4. The Morgan fingerprint density at radius 1 is 1.07 bits per heavy atom. The minimum absolute atomic E-state index is 0. The third-order valence-electron chi connectivity index (χ3n) is 5.87. The standard InChI is InChI=1S/C18H15N5O6.C9H10N2O2.CH4.ClH/c1-29-18(28)10-4-2-9(3-5-10)8-20-16(25)12-6-13(17(26)27)23-14(21-12)7-11(22-23)15(19)24;10-4-6-1-2-8-7(3-6)11-9(12)5-13-8;;/h2-7H,8H2,1H3,(H2,19,24)(H,20,25)(H,26,27);1-3H,4-5,10H2,(H,11,12);1H4;1H. The fourth-order valence-electron chi connectivity index (χ4n) is 3.77. The summed E-state index contributed by atoms with van der Waals surface area (Å²) in [5.74, 6) is -2.74. The first kappa shape index (κ1) is 34.7. The lowest BCUT2D eigenvalue weighted by atomic mass is 10.1.